The van der Waals surface area contributed by atoms with Crippen molar-refractivity contribution >= 4 is 11.2 Å². The first-order chi connectivity index (χ1) is 14.7. The quantitative estimate of drug-likeness (QED) is 0.512. The van der Waals surface area contributed by atoms with E-state index in [2.05, 4.69) is 26.0 Å². The van der Waals surface area contributed by atoms with E-state index in [4.69, 9.17) is 0 Å². The number of pyridine rings is 2. The zero-order valence-electron chi connectivity index (χ0n) is 16.4. The molecule has 4 rings (SSSR count). The summed E-state index contributed by atoms with van der Waals surface area (Å²) in [4.78, 5) is 27.6. The molecule has 154 valence electrons. The summed E-state index contributed by atoms with van der Waals surface area (Å²) in [5, 5.41) is 9.38. The fourth-order valence-corrected chi connectivity index (χ4v) is 3.34. The number of nitrogens with one attached hydrogen (secondary N) is 1. The zero-order valence-corrected chi connectivity index (χ0v) is 16.4. The maximum atomic E-state index is 13.4. The Labute approximate surface area is 174 Å². The van der Waals surface area contributed by atoms with Crippen molar-refractivity contribution in [3.8, 4) is 28.6 Å². The van der Waals surface area contributed by atoms with E-state index in [9.17, 15) is 23.2 Å². The predicted molar refractivity (Wildman–Crippen MR) is 108 cm³/mol. The fourth-order valence-electron chi connectivity index (χ4n) is 3.34. The van der Waals surface area contributed by atoms with Gasteiger partial charge < -0.3 is 4.98 Å². The van der Waals surface area contributed by atoms with E-state index in [0.717, 1.165) is 6.07 Å². The summed E-state index contributed by atoms with van der Waals surface area (Å²) in [7, 11) is 0. The number of hydrogen-bond donors (Lipinski definition) is 1. The molecule has 0 saturated carbocycles. The lowest BCUT2D eigenvalue weighted by Gasteiger charge is -2.14. The number of fused-ring (bicyclic) bond motifs is 1. The zero-order chi connectivity index (χ0) is 22.3. The van der Waals surface area contributed by atoms with E-state index in [1.807, 2.05) is 0 Å². The summed E-state index contributed by atoms with van der Waals surface area (Å²) in [5.41, 5.74) is 0.828. The van der Waals surface area contributed by atoms with Crippen molar-refractivity contribution in [2.24, 2.45) is 0 Å². The minimum absolute atomic E-state index is 0.00151. The third kappa shape index (κ3) is 3.64. The standard InChI is InChI=1S/C22H14F3N5O/c1-11-8-14(9-17(28-11)22(23,24)25)18-19(15-5-3-4-13(10-26)12(15)2)30-21-20(29-18)16(31)6-7-27-21/h3-9H,1-2H3,(H,27,30,31). The number of alkyl halides is 3. The minimum Gasteiger partial charge on any atom is -0.345 e. The lowest BCUT2D eigenvalue weighted by molar-refractivity contribution is -0.141. The van der Waals surface area contributed by atoms with Gasteiger partial charge in [0.15, 0.2) is 11.2 Å². The van der Waals surface area contributed by atoms with E-state index in [-0.39, 0.29) is 33.8 Å². The molecule has 0 aliphatic heterocycles. The molecule has 9 heteroatoms. The van der Waals surface area contributed by atoms with Gasteiger partial charge in [0.2, 0.25) is 5.43 Å². The SMILES string of the molecule is Cc1cc(-c2nc3c(=O)cc[nH]c3nc2-c2cccc(C#N)c2C)cc(C(F)(F)F)n1. The second kappa shape index (κ2) is 7.32. The molecule has 6 nitrogen and oxygen atoms in total. The maximum Gasteiger partial charge on any atom is 0.433 e. The van der Waals surface area contributed by atoms with Gasteiger partial charge in [-0.1, -0.05) is 12.1 Å². The molecule has 0 amide bonds. The molecule has 0 saturated heterocycles. The lowest BCUT2D eigenvalue weighted by atomic mass is 9.97. The normalized spacial score (nSPS) is 11.5. The van der Waals surface area contributed by atoms with Crippen LogP contribution < -0.4 is 5.43 Å². The number of H-pyrrole nitrogens is 1. The lowest BCUT2D eigenvalue weighted by Crippen LogP contribution is -2.10. The molecule has 0 atom stereocenters. The Morgan fingerprint density at radius 3 is 2.52 bits per heavy atom. The molecule has 0 unspecified atom stereocenters. The molecule has 1 aromatic carbocycles. The smallest absolute Gasteiger partial charge is 0.345 e. The minimum atomic E-state index is -4.65. The van der Waals surface area contributed by atoms with Gasteiger partial charge in [-0.25, -0.2) is 15.0 Å². The number of nitriles is 1. The molecule has 0 aliphatic carbocycles. The van der Waals surface area contributed by atoms with Crippen LogP contribution >= 0.6 is 0 Å². The van der Waals surface area contributed by atoms with Crippen LogP contribution in [-0.2, 0) is 6.18 Å². The van der Waals surface area contributed by atoms with Gasteiger partial charge in [-0.2, -0.15) is 18.4 Å². The van der Waals surface area contributed by atoms with Crippen LogP contribution in [0.15, 0.2) is 47.4 Å². The molecule has 4 aromatic rings. The number of benzene rings is 1. The fraction of sp³-hybridized carbons (Fsp3) is 0.136. The first-order valence-electron chi connectivity index (χ1n) is 9.15. The molecule has 31 heavy (non-hydrogen) atoms. The van der Waals surface area contributed by atoms with Gasteiger partial charge in [-0.3, -0.25) is 4.79 Å². The number of nitrogens with zero attached hydrogens (tertiary/aromatic N) is 4. The summed E-state index contributed by atoms with van der Waals surface area (Å²) >= 11 is 0. The van der Waals surface area contributed by atoms with E-state index in [0.29, 0.717) is 16.7 Å². The molecule has 3 heterocycles. The second-order valence-corrected chi connectivity index (χ2v) is 6.93. The van der Waals surface area contributed by atoms with Crippen molar-refractivity contribution in [3.05, 3.63) is 75.3 Å². The molecule has 0 bridgehead atoms. The average Bonchev–Trinajstić information content (AvgIpc) is 2.72. The number of hydrogen-bond acceptors (Lipinski definition) is 5. The van der Waals surface area contributed by atoms with Crippen LogP contribution in [0.1, 0.15) is 22.5 Å². The van der Waals surface area contributed by atoms with Crippen LogP contribution in [0.4, 0.5) is 13.2 Å². The monoisotopic (exact) mass is 421 g/mol. The van der Waals surface area contributed by atoms with Crippen molar-refractivity contribution in [2.45, 2.75) is 20.0 Å². The third-order valence-corrected chi connectivity index (χ3v) is 4.81. The predicted octanol–water partition coefficient (Wildman–Crippen LogP) is 4.55. The van der Waals surface area contributed by atoms with Gasteiger partial charge in [0.05, 0.1) is 23.0 Å². The van der Waals surface area contributed by atoms with Gasteiger partial charge in [0, 0.05) is 29.1 Å². The van der Waals surface area contributed by atoms with Crippen LogP contribution in [-0.4, -0.2) is 19.9 Å². The molecule has 1 N–H and O–H groups in total. The van der Waals surface area contributed by atoms with Crippen molar-refractivity contribution in [2.75, 3.05) is 0 Å². The van der Waals surface area contributed by atoms with Crippen LogP contribution in [0.5, 0.6) is 0 Å². The first kappa shape index (κ1) is 20.2. The highest BCUT2D eigenvalue weighted by atomic mass is 19.4. The highest BCUT2D eigenvalue weighted by Gasteiger charge is 2.33. The highest BCUT2D eigenvalue weighted by Crippen LogP contribution is 2.36. The number of aromatic amines is 1. The molecular formula is C22H14F3N5O. The number of halogens is 3. The van der Waals surface area contributed by atoms with E-state index in [1.54, 1.807) is 25.1 Å². The summed E-state index contributed by atoms with van der Waals surface area (Å²) in [5.74, 6) is 0. The molecule has 0 aliphatic rings. The Morgan fingerprint density at radius 2 is 1.81 bits per heavy atom. The van der Waals surface area contributed by atoms with Gasteiger partial charge >= 0.3 is 6.18 Å². The van der Waals surface area contributed by atoms with Crippen LogP contribution in [0.2, 0.25) is 0 Å². The van der Waals surface area contributed by atoms with E-state index in [1.165, 1.54) is 25.3 Å². The third-order valence-electron chi connectivity index (χ3n) is 4.81. The van der Waals surface area contributed by atoms with E-state index < -0.39 is 17.3 Å². The number of rotatable bonds is 2. The first-order valence-corrected chi connectivity index (χ1v) is 9.15. The molecular weight excluding hydrogens is 407 g/mol. The molecule has 3 aromatic heterocycles. The summed E-state index contributed by atoms with van der Waals surface area (Å²) < 4.78 is 40.1. The van der Waals surface area contributed by atoms with Crippen LogP contribution in [0.25, 0.3) is 33.7 Å². The number of aryl methyl sites for hydroxylation is 1. The topological polar surface area (TPSA) is 95.3 Å². The van der Waals surface area contributed by atoms with Gasteiger partial charge in [0.25, 0.3) is 0 Å². The van der Waals surface area contributed by atoms with Gasteiger partial charge in [-0.15, -0.1) is 0 Å². The van der Waals surface area contributed by atoms with Gasteiger partial charge in [-0.05, 0) is 37.6 Å². The van der Waals surface area contributed by atoms with Crippen molar-refractivity contribution in [3.63, 3.8) is 0 Å². The van der Waals surface area contributed by atoms with E-state index >= 15 is 0 Å². The van der Waals surface area contributed by atoms with Gasteiger partial charge in [0.1, 0.15) is 5.69 Å². The summed E-state index contributed by atoms with van der Waals surface area (Å²) in [6, 6.07) is 10.7. The Balaban J connectivity index is 2.12. The number of aromatic nitrogens is 4. The second-order valence-electron chi connectivity index (χ2n) is 6.93. The van der Waals surface area contributed by atoms with Crippen molar-refractivity contribution in [1.29, 1.82) is 5.26 Å². The highest BCUT2D eigenvalue weighted by molar-refractivity contribution is 5.86. The van der Waals surface area contributed by atoms with Crippen molar-refractivity contribution in [1.82, 2.24) is 19.9 Å². The Bertz CT molecular complexity index is 1430. The molecule has 0 spiro atoms. The van der Waals surface area contributed by atoms with Crippen LogP contribution in [0.3, 0.4) is 0 Å². The molecule has 0 radical (unpaired) electrons. The van der Waals surface area contributed by atoms with Crippen LogP contribution in [0, 0.1) is 25.2 Å². The summed E-state index contributed by atoms with van der Waals surface area (Å²) in [6.45, 7) is 3.16. The largest absolute Gasteiger partial charge is 0.433 e. The molecule has 0 fully saturated rings. The Morgan fingerprint density at radius 1 is 1.03 bits per heavy atom. The Hall–Kier alpha value is -4.06. The van der Waals surface area contributed by atoms with Crippen molar-refractivity contribution < 1.29 is 13.2 Å². The maximum absolute atomic E-state index is 13.4. The average molecular weight is 421 g/mol. The summed E-state index contributed by atoms with van der Waals surface area (Å²) in [6.07, 6.45) is -3.24. The Kier molecular flexibility index (Phi) is 4.78.